The minimum absolute atomic E-state index is 0.0921. The molecular formula is C20H24N2O7. The molecule has 0 unspecified atom stereocenters. The third kappa shape index (κ3) is 5.87. The molecule has 0 radical (unpaired) electrons. The normalized spacial score (nSPS) is 14.7. The highest BCUT2D eigenvalue weighted by atomic mass is 16.5. The number of anilines is 1. The number of amides is 3. The van der Waals surface area contributed by atoms with Gasteiger partial charge in [-0.15, -0.1) is 0 Å². The zero-order valence-corrected chi connectivity index (χ0v) is 16.6. The molecule has 1 atom stereocenters. The molecule has 0 spiro atoms. The number of carbonyl (C=O) groups is 5. The Labute approximate surface area is 168 Å². The molecule has 9 nitrogen and oxygen atoms in total. The van der Waals surface area contributed by atoms with Gasteiger partial charge >= 0.3 is 11.9 Å². The highest BCUT2D eigenvalue weighted by Crippen LogP contribution is 2.23. The summed E-state index contributed by atoms with van der Waals surface area (Å²) in [6, 6.07) is 5.03. The first-order chi connectivity index (χ1) is 13.7. The molecule has 1 aromatic rings. The van der Waals surface area contributed by atoms with Crippen LogP contribution >= 0.6 is 0 Å². The van der Waals surface area contributed by atoms with Gasteiger partial charge in [-0.05, 0) is 30.5 Å². The number of hydrogen-bond donors (Lipinski definition) is 1. The van der Waals surface area contributed by atoms with Crippen LogP contribution in [0, 0.1) is 5.92 Å². The highest BCUT2D eigenvalue weighted by molar-refractivity contribution is 6.20. The van der Waals surface area contributed by atoms with Crippen LogP contribution in [-0.2, 0) is 28.7 Å². The Bertz CT molecular complexity index is 803. The third-order valence-electron chi connectivity index (χ3n) is 4.25. The van der Waals surface area contributed by atoms with Gasteiger partial charge in [0.15, 0.2) is 6.61 Å². The first kappa shape index (κ1) is 22.1. The fourth-order valence-electron chi connectivity index (χ4n) is 2.91. The van der Waals surface area contributed by atoms with E-state index in [4.69, 9.17) is 4.74 Å². The zero-order valence-electron chi connectivity index (χ0n) is 16.6. The van der Waals surface area contributed by atoms with E-state index in [0.717, 1.165) is 4.90 Å². The molecule has 1 aliphatic rings. The predicted octanol–water partition coefficient (Wildman–Crippen LogP) is 1.20. The molecule has 156 valence electrons. The number of carbonyl (C=O) groups excluding carboxylic acids is 5. The van der Waals surface area contributed by atoms with E-state index >= 15 is 0 Å². The lowest BCUT2D eigenvalue weighted by Gasteiger charge is -2.18. The first-order valence-electron chi connectivity index (χ1n) is 9.23. The van der Waals surface area contributed by atoms with Gasteiger partial charge in [0.05, 0.1) is 18.4 Å². The average Bonchev–Trinajstić information content (AvgIpc) is 3.02. The Morgan fingerprint density at radius 3 is 2.38 bits per heavy atom. The van der Waals surface area contributed by atoms with E-state index in [1.807, 2.05) is 13.8 Å². The van der Waals surface area contributed by atoms with Crippen molar-refractivity contribution >= 4 is 35.3 Å². The second kappa shape index (κ2) is 9.81. The van der Waals surface area contributed by atoms with Gasteiger partial charge in [-0.2, -0.15) is 0 Å². The maximum Gasteiger partial charge on any atom is 0.338 e. The van der Waals surface area contributed by atoms with Crippen LogP contribution in [0.4, 0.5) is 5.69 Å². The number of hydrogen-bond acceptors (Lipinski definition) is 7. The third-order valence-corrected chi connectivity index (χ3v) is 4.25. The van der Waals surface area contributed by atoms with E-state index < -0.39 is 30.5 Å². The summed E-state index contributed by atoms with van der Waals surface area (Å²) < 4.78 is 9.66. The highest BCUT2D eigenvalue weighted by Gasteiger charge is 2.30. The summed E-state index contributed by atoms with van der Waals surface area (Å²) in [5.74, 6) is -2.54. The Kier molecular flexibility index (Phi) is 7.46. The molecule has 1 aliphatic heterocycles. The molecule has 2 rings (SSSR count). The number of nitrogens with zero attached hydrogens (tertiary/aromatic N) is 1. The van der Waals surface area contributed by atoms with Gasteiger partial charge in [0.1, 0.15) is 6.04 Å². The molecule has 29 heavy (non-hydrogen) atoms. The molecule has 0 bridgehead atoms. The van der Waals surface area contributed by atoms with Crippen molar-refractivity contribution in [2.45, 2.75) is 39.2 Å². The van der Waals surface area contributed by atoms with Gasteiger partial charge in [-0.1, -0.05) is 19.9 Å². The fraction of sp³-hybridized carbons (Fsp3) is 0.450. The van der Waals surface area contributed by atoms with E-state index in [1.54, 1.807) is 0 Å². The summed E-state index contributed by atoms with van der Waals surface area (Å²) in [7, 11) is 1.23. The molecule has 1 aromatic carbocycles. The van der Waals surface area contributed by atoms with Crippen molar-refractivity contribution in [2.24, 2.45) is 5.92 Å². The van der Waals surface area contributed by atoms with E-state index in [0.29, 0.717) is 6.42 Å². The van der Waals surface area contributed by atoms with E-state index in [9.17, 15) is 24.0 Å². The van der Waals surface area contributed by atoms with Gasteiger partial charge in [-0.25, -0.2) is 9.59 Å². The molecule has 1 N–H and O–H groups in total. The molecule has 1 fully saturated rings. The Morgan fingerprint density at radius 2 is 1.79 bits per heavy atom. The molecular weight excluding hydrogens is 380 g/mol. The van der Waals surface area contributed by atoms with Crippen molar-refractivity contribution in [3.05, 3.63) is 29.8 Å². The maximum atomic E-state index is 12.3. The standard InChI is InChI=1S/C20H24N2O7/c1-12(2)9-15(20(27)28-3)21-16(23)11-29-19(26)13-5-4-6-14(10-13)22-17(24)7-8-18(22)25/h4-6,10,12,15H,7-9,11H2,1-3H3,(H,21,23)/t15-/m1/s1. The molecule has 0 aliphatic carbocycles. The van der Waals surface area contributed by atoms with Crippen molar-refractivity contribution in [1.82, 2.24) is 5.32 Å². The van der Waals surface area contributed by atoms with Gasteiger partial charge in [0.2, 0.25) is 11.8 Å². The van der Waals surface area contributed by atoms with Crippen molar-refractivity contribution < 1.29 is 33.4 Å². The zero-order chi connectivity index (χ0) is 21.6. The largest absolute Gasteiger partial charge is 0.467 e. The van der Waals surface area contributed by atoms with Crippen molar-refractivity contribution in [2.75, 3.05) is 18.6 Å². The lowest BCUT2D eigenvalue weighted by atomic mass is 10.0. The van der Waals surface area contributed by atoms with Gasteiger partial charge < -0.3 is 14.8 Å². The summed E-state index contributed by atoms with van der Waals surface area (Å²) in [5, 5.41) is 2.49. The fourth-order valence-corrected chi connectivity index (χ4v) is 2.91. The average molecular weight is 404 g/mol. The Balaban J connectivity index is 1.97. The van der Waals surface area contributed by atoms with E-state index in [2.05, 4.69) is 10.1 Å². The molecule has 1 saturated heterocycles. The van der Waals surface area contributed by atoms with Crippen LogP contribution in [0.2, 0.25) is 0 Å². The van der Waals surface area contributed by atoms with Crippen molar-refractivity contribution in [1.29, 1.82) is 0 Å². The van der Waals surface area contributed by atoms with Crippen LogP contribution in [0.25, 0.3) is 0 Å². The van der Waals surface area contributed by atoms with Crippen LogP contribution in [-0.4, -0.2) is 49.4 Å². The molecule has 3 amide bonds. The summed E-state index contributed by atoms with van der Waals surface area (Å²) >= 11 is 0. The summed E-state index contributed by atoms with van der Waals surface area (Å²) in [4.78, 5) is 60.8. The topological polar surface area (TPSA) is 119 Å². The minimum atomic E-state index is -0.832. The Hall–Kier alpha value is -3.23. The number of nitrogens with one attached hydrogen (secondary N) is 1. The lowest BCUT2D eigenvalue weighted by molar-refractivity contribution is -0.145. The number of rotatable bonds is 8. The van der Waals surface area contributed by atoms with Crippen molar-refractivity contribution in [3.63, 3.8) is 0 Å². The number of ether oxygens (including phenoxy) is 2. The number of imide groups is 1. The number of esters is 2. The molecule has 9 heteroatoms. The maximum absolute atomic E-state index is 12.3. The van der Waals surface area contributed by atoms with E-state index in [1.165, 1.54) is 31.4 Å². The van der Waals surface area contributed by atoms with Gasteiger partial charge in [0, 0.05) is 12.8 Å². The molecule has 0 saturated carbocycles. The van der Waals surface area contributed by atoms with Crippen molar-refractivity contribution in [3.8, 4) is 0 Å². The SMILES string of the molecule is COC(=O)[C@@H](CC(C)C)NC(=O)COC(=O)c1cccc(N2C(=O)CCC2=O)c1. The second-order valence-corrected chi connectivity index (χ2v) is 7.02. The Morgan fingerprint density at radius 1 is 1.14 bits per heavy atom. The van der Waals surface area contributed by atoms with Crippen LogP contribution in [0.1, 0.15) is 43.5 Å². The summed E-state index contributed by atoms with van der Waals surface area (Å²) in [5.41, 5.74) is 0.369. The quantitative estimate of drug-likeness (QED) is 0.511. The van der Waals surface area contributed by atoms with Gasteiger partial charge in [0.25, 0.3) is 5.91 Å². The molecule has 1 heterocycles. The van der Waals surface area contributed by atoms with Crippen LogP contribution in [0.5, 0.6) is 0 Å². The van der Waals surface area contributed by atoms with Crippen LogP contribution in [0.15, 0.2) is 24.3 Å². The lowest BCUT2D eigenvalue weighted by Crippen LogP contribution is -2.44. The predicted molar refractivity (Wildman–Crippen MR) is 102 cm³/mol. The van der Waals surface area contributed by atoms with Crippen LogP contribution < -0.4 is 10.2 Å². The number of methoxy groups -OCH3 is 1. The summed E-state index contributed by atoms with van der Waals surface area (Å²) in [6.07, 6.45) is 0.642. The second-order valence-electron chi connectivity index (χ2n) is 7.02. The minimum Gasteiger partial charge on any atom is -0.467 e. The van der Waals surface area contributed by atoms with E-state index in [-0.39, 0.29) is 41.8 Å². The van der Waals surface area contributed by atoms with Gasteiger partial charge in [-0.3, -0.25) is 19.3 Å². The first-order valence-corrected chi connectivity index (χ1v) is 9.23. The number of benzene rings is 1. The summed E-state index contributed by atoms with van der Waals surface area (Å²) in [6.45, 7) is 3.20. The van der Waals surface area contributed by atoms with Crippen LogP contribution in [0.3, 0.4) is 0 Å². The molecule has 0 aromatic heterocycles. The monoisotopic (exact) mass is 404 g/mol. The smallest absolute Gasteiger partial charge is 0.338 e.